The summed E-state index contributed by atoms with van der Waals surface area (Å²) in [5.74, 6) is -0.283. The van der Waals surface area contributed by atoms with Crippen molar-refractivity contribution in [2.75, 3.05) is 0 Å². The zero-order valence-corrected chi connectivity index (χ0v) is 11.0. The number of furan rings is 2. The predicted octanol–water partition coefficient (Wildman–Crippen LogP) is 3.56. The van der Waals surface area contributed by atoms with E-state index in [1.807, 2.05) is 6.92 Å². The zero-order chi connectivity index (χ0) is 12.9. The normalized spacial score (nSPS) is 12.6. The summed E-state index contributed by atoms with van der Waals surface area (Å²) in [4.78, 5) is 0. The van der Waals surface area contributed by atoms with Crippen molar-refractivity contribution >= 4 is 41.7 Å². The lowest BCUT2D eigenvalue weighted by Gasteiger charge is -2.05. The molecule has 2 aromatic heterocycles. The van der Waals surface area contributed by atoms with Crippen LogP contribution < -0.4 is 0 Å². The molecule has 0 spiro atoms. The maximum Gasteiger partial charge on any atom is 0.236 e. The lowest BCUT2D eigenvalue weighted by molar-refractivity contribution is 0.602. The lowest BCUT2D eigenvalue weighted by atomic mass is 10.0. The molecule has 0 N–H and O–H groups in total. The van der Waals surface area contributed by atoms with Crippen molar-refractivity contribution in [2.24, 2.45) is 0 Å². The van der Waals surface area contributed by atoms with Crippen LogP contribution >= 0.6 is 10.7 Å². The number of rotatable bonds is 2. The van der Waals surface area contributed by atoms with Crippen molar-refractivity contribution in [1.29, 1.82) is 0 Å². The minimum atomic E-state index is -3.66. The molecule has 0 saturated heterocycles. The molecule has 0 saturated carbocycles. The molecular formula is C12H9ClO4S. The van der Waals surface area contributed by atoms with Crippen LogP contribution in [0.1, 0.15) is 11.1 Å². The number of hydrogen-bond donors (Lipinski definition) is 0. The van der Waals surface area contributed by atoms with Crippen LogP contribution in [0.15, 0.2) is 33.5 Å². The van der Waals surface area contributed by atoms with E-state index in [1.165, 1.54) is 12.5 Å². The average Bonchev–Trinajstić information content (AvgIpc) is 2.91. The van der Waals surface area contributed by atoms with Crippen molar-refractivity contribution < 1.29 is 17.3 Å². The molecule has 3 rings (SSSR count). The largest absolute Gasteiger partial charge is 0.464 e. The summed E-state index contributed by atoms with van der Waals surface area (Å²) in [6.07, 6.45) is 3.06. The van der Waals surface area contributed by atoms with Gasteiger partial charge in [0.15, 0.2) is 0 Å². The van der Waals surface area contributed by atoms with Gasteiger partial charge in [-0.15, -0.1) is 0 Å². The average molecular weight is 285 g/mol. The highest BCUT2D eigenvalue weighted by molar-refractivity contribution is 8.13. The summed E-state index contributed by atoms with van der Waals surface area (Å²) in [7, 11) is 1.68. The first-order valence-corrected chi connectivity index (χ1v) is 7.73. The topological polar surface area (TPSA) is 60.4 Å². The molecule has 0 fully saturated rings. The summed E-state index contributed by atoms with van der Waals surface area (Å²) in [6.45, 7) is 1.91. The van der Waals surface area contributed by atoms with Crippen LogP contribution in [-0.4, -0.2) is 8.42 Å². The van der Waals surface area contributed by atoms with Crippen molar-refractivity contribution in [3.05, 3.63) is 35.8 Å². The number of fused-ring (bicyclic) bond motifs is 2. The number of hydrogen-bond acceptors (Lipinski definition) is 4. The van der Waals surface area contributed by atoms with Gasteiger partial charge < -0.3 is 8.83 Å². The van der Waals surface area contributed by atoms with Crippen LogP contribution in [0.3, 0.4) is 0 Å². The fourth-order valence-corrected chi connectivity index (χ4v) is 3.19. The molecule has 0 aliphatic heterocycles. The third-order valence-corrected chi connectivity index (χ3v) is 3.95. The highest BCUT2D eigenvalue weighted by atomic mass is 35.7. The van der Waals surface area contributed by atoms with Gasteiger partial charge in [-0.05, 0) is 19.1 Å². The molecule has 6 heteroatoms. The number of aryl methyl sites for hydroxylation is 1. The summed E-state index contributed by atoms with van der Waals surface area (Å²) in [5.41, 5.74) is 2.68. The Balaban J connectivity index is 2.47. The van der Waals surface area contributed by atoms with Gasteiger partial charge in [0.25, 0.3) is 0 Å². The summed E-state index contributed by atoms with van der Waals surface area (Å²) in [5, 5.41) is 1.56. The van der Waals surface area contributed by atoms with E-state index < -0.39 is 9.05 Å². The van der Waals surface area contributed by atoms with E-state index in [0.717, 1.165) is 16.3 Å². The molecule has 0 amide bonds. The van der Waals surface area contributed by atoms with E-state index in [9.17, 15) is 8.42 Å². The van der Waals surface area contributed by atoms with Crippen molar-refractivity contribution in [1.82, 2.24) is 0 Å². The molecule has 0 aliphatic carbocycles. The second-order valence-electron chi connectivity index (χ2n) is 4.11. The molecule has 3 aromatic rings. The molecule has 0 unspecified atom stereocenters. The molecule has 0 aliphatic rings. The molecule has 18 heavy (non-hydrogen) atoms. The van der Waals surface area contributed by atoms with Crippen LogP contribution in [0.4, 0.5) is 0 Å². The van der Waals surface area contributed by atoms with Crippen LogP contribution in [0.5, 0.6) is 0 Å². The highest BCUT2D eigenvalue weighted by Gasteiger charge is 2.20. The molecular weight excluding hydrogens is 276 g/mol. The molecule has 4 nitrogen and oxygen atoms in total. The third kappa shape index (κ3) is 1.71. The first-order chi connectivity index (χ1) is 8.47. The van der Waals surface area contributed by atoms with Gasteiger partial charge in [0.05, 0.1) is 18.3 Å². The van der Waals surface area contributed by atoms with Crippen molar-refractivity contribution in [3.63, 3.8) is 0 Å². The van der Waals surface area contributed by atoms with Gasteiger partial charge in [0, 0.05) is 32.6 Å². The van der Waals surface area contributed by atoms with Gasteiger partial charge in [-0.25, -0.2) is 8.42 Å². The Bertz CT molecular complexity index is 790. The summed E-state index contributed by atoms with van der Waals surface area (Å²) in [6, 6.07) is 3.51. The number of benzene rings is 1. The third-order valence-electron chi connectivity index (χ3n) is 2.99. The Morgan fingerprint density at radius 3 is 2.39 bits per heavy atom. The van der Waals surface area contributed by atoms with Gasteiger partial charge in [0.2, 0.25) is 9.05 Å². The summed E-state index contributed by atoms with van der Waals surface area (Å²) >= 11 is 0. The second kappa shape index (κ2) is 3.76. The molecule has 0 atom stereocenters. The maximum absolute atomic E-state index is 11.3. The first-order valence-electron chi connectivity index (χ1n) is 5.25. The van der Waals surface area contributed by atoms with Gasteiger partial charge in [-0.3, -0.25) is 0 Å². The standard InChI is InChI=1S/C12H9ClO4S/c1-7-8-2-4-17-12(8)10(6-18(13,14)15)9-3-5-16-11(7)9/h2-5H,6H2,1H3. The smallest absolute Gasteiger partial charge is 0.236 e. The second-order valence-corrected chi connectivity index (χ2v) is 6.89. The molecule has 1 aromatic carbocycles. The first kappa shape index (κ1) is 11.6. The Hall–Kier alpha value is -1.46. The van der Waals surface area contributed by atoms with Gasteiger partial charge in [0.1, 0.15) is 11.2 Å². The predicted molar refractivity (Wildman–Crippen MR) is 69.2 cm³/mol. The minimum absolute atomic E-state index is 0.283. The van der Waals surface area contributed by atoms with Gasteiger partial charge in [-0.1, -0.05) is 0 Å². The lowest BCUT2D eigenvalue weighted by Crippen LogP contribution is -1.97. The Kier molecular flexibility index (Phi) is 2.43. The summed E-state index contributed by atoms with van der Waals surface area (Å²) < 4.78 is 33.4. The van der Waals surface area contributed by atoms with Gasteiger partial charge >= 0.3 is 0 Å². The van der Waals surface area contributed by atoms with E-state index >= 15 is 0 Å². The quantitative estimate of drug-likeness (QED) is 0.675. The van der Waals surface area contributed by atoms with Crippen LogP contribution in [0.2, 0.25) is 0 Å². The molecule has 2 heterocycles. The van der Waals surface area contributed by atoms with Crippen LogP contribution in [0, 0.1) is 6.92 Å². The fraction of sp³-hybridized carbons (Fsp3) is 0.167. The van der Waals surface area contributed by atoms with Crippen LogP contribution in [-0.2, 0) is 14.8 Å². The maximum atomic E-state index is 11.3. The van der Waals surface area contributed by atoms with E-state index in [0.29, 0.717) is 16.7 Å². The molecule has 0 radical (unpaired) electrons. The molecule has 0 bridgehead atoms. The van der Waals surface area contributed by atoms with E-state index in [4.69, 9.17) is 19.5 Å². The SMILES string of the molecule is Cc1c2ccoc2c(CS(=O)(=O)Cl)c2ccoc12. The fourth-order valence-electron chi connectivity index (χ4n) is 2.24. The van der Waals surface area contributed by atoms with E-state index in [2.05, 4.69) is 0 Å². The Morgan fingerprint density at radius 1 is 1.11 bits per heavy atom. The van der Waals surface area contributed by atoms with Crippen molar-refractivity contribution in [3.8, 4) is 0 Å². The van der Waals surface area contributed by atoms with E-state index in [-0.39, 0.29) is 5.75 Å². The Labute approximate surface area is 108 Å². The highest BCUT2D eigenvalue weighted by Crippen LogP contribution is 2.35. The molecule has 94 valence electrons. The van der Waals surface area contributed by atoms with Gasteiger partial charge in [-0.2, -0.15) is 0 Å². The van der Waals surface area contributed by atoms with E-state index in [1.54, 1.807) is 12.1 Å². The van der Waals surface area contributed by atoms with Crippen LogP contribution in [0.25, 0.3) is 21.9 Å². The Morgan fingerprint density at radius 2 is 1.72 bits per heavy atom. The monoisotopic (exact) mass is 284 g/mol. The van der Waals surface area contributed by atoms with Crippen molar-refractivity contribution in [2.45, 2.75) is 12.7 Å². The zero-order valence-electron chi connectivity index (χ0n) is 9.44. The number of halogens is 1. The minimum Gasteiger partial charge on any atom is -0.464 e.